The number of halogens is 2. The fourth-order valence-electron chi connectivity index (χ4n) is 4.91. The monoisotopic (exact) mass is 650 g/mol. The van der Waals surface area contributed by atoms with E-state index in [-0.39, 0.29) is 5.91 Å². The van der Waals surface area contributed by atoms with Crippen LogP contribution in [0.3, 0.4) is 0 Å². The summed E-state index contributed by atoms with van der Waals surface area (Å²) in [5, 5.41) is 4.47. The van der Waals surface area contributed by atoms with Crippen LogP contribution < -0.4 is 14.8 Å². The van der Waals surface area contributed by atoms with Crippen molar-refractivity contribution >= 4 is 61.7 Å². The van der Waals surface area contributed by atoms with Crippen molar-refractivity contribution < 1.29 is 14.3 Å². The van der Waals surface area contributed by atoms with E-state index in [4.69, 9.17) is 26.1 Å². The number of anilines is 1. The molecule has 5 rings (SSSR count). The van der Waals surface area contributed by atoms with Gasteiger partial charge in [-0.3, -0.25) is 4.79 Å². The highest BCUT2D eigenvalue weighted by atomic mass is 79.9. The van der Waals surface area contributed by atoms with Gasteiger partial charge < -0.3 is 14.8 Å². The van der Waals surface area contributed by atoms with Crippen molar-refractivity contribution in [3.05, 3.63) is 103 Å². The Kier molecular flexibility index (Phi) is 10.1. The Bertz CT molecular complexity index is 1540. The number of thiophene rings is 1. The van der Waals surface area contributed by atoms with Gasteiger partial charge in [-0.05, 0) is 90.0 Å². The average Bonchev–Trinajstić information content (AvgIpc) is 3.29. The molecule has 0 unspecified atom stereocenters. The highest BCUT2D eigenvalue weighted by molar-refractivity contribution is 9.10. The standard InChI is InChI=1S/C33H32BrClN2O3S/c1-2-39-28-19-22(18-26(34)31(28)40-21-23-12-10-11-16-27(23)35)20-36-33-30(32(38)37-24-13-6-5-7-14-24)25-15-8-3-4-9-17-29(25)41-33/h5-7,10-14,16,18-20H,2-4,8-9,15,17,21H2,1H3,(H,37,38). The van der Waals surface area contributed by atoms with Crippen LogP contribution in [0.25, 0.3) is 0 Å². The average molecular weight is 652 g/mol. The van der Waals surface area contributed by atoms with Gasteiger partial charge in [0.2, 0.25) is 0 Å². The van der Waals surface area contributed by atoms with Gasteiger partial charge in [-0.25, -0.2) is 4.99 Å². The Morgan fingerprint density at radius 2 is 1.78 bits per heavy atom. The Morgan fingerprint density at radius 3 is 2.56 bits per heavy atom. The summed E-state index contributed by atoms with van der Waals surface area (Å²) in [4.78, 5) is 19.7. The number of rotatable bonds is 9. The molecule has 5 nitrogen and oxygen atoms in total. The number of amides is 1. The summed E-state index contributed by atoms with van der Waals surface area (Å²) in [6.07, 6.45) is 8.31. The molecule has 4 aromatic rings. The number of hydrogen-bond donors (Lipinski definition) is 1. The molecule has 0 spiro atoms. The van der Waals surface area contributed by atoms with Crippen molar-refractivity contribution in [2.24, 2.45) is 4.99 Å². The number of hydrogen-bond acceptors (Lipinski definition) is 5. The first kappa shape index (κ1) is 29.4. The van der Waals surface area contributed by atoms with Crippen LogP contribution in [-0.2, 0) is 19.4 Å². The van der Waals surface area contributed by atoms with Crippen molar-refractivity contribution in [1.29, 1.82) is 0 Å². The zero-order chi connectivity index (χ0) is 28.6. The normalized spacial score (nSPS) is 13.3. The lowest BCUT2D eigenvalue weighted by Crippen LogP contribution is -2.14. The van der Waals surface area contributed by atoms with Gasteiger partial charge in [0.15, 0.2) is 11.5 Å². The van der Waals surface area contributed by atoms with Crippen LogP contribution in [0.2, 0.25) is 5.02 Å². The van der Waals surface area contributed by atoms with Gasteiger partial charge in [-0.15, -0.1) is 11.3 Å². The number of carbonyl (C=O) groups excluding carboxylic acids is 1. The van der Waals surface area contributed by atoms with Gasteiger partial charge in [-0.1, -0.05) is 60.8 Å². The molecule has 1 N–H and O–H groups in total. The van der Waals surface area contributed by atoms with E-state index in [1.165, 1.54) is 17.7 Å². The van der Waals surface area contributed by atoms with E-state index in [0.29, 0.717) is 35.3 Å². The minimum absolute atomic E-state index is 0.110. The molecule has 3 aromatic carbocycles. The molecule has 1 heterocycles. The van der Waals surface area contributed by atoms with Gasteiger partial charge in [0.05, 0.1) is 16.6 Å². The smallest absolute Gasteiger partial charge is 0.259 e. The number of ether oxygens (including phenoxy) is 2. The molecule has 1 amide bonds. The van der Waals surface area contributed by atoms with Crippen LogP contribution >= 0.6 is 38.9 Å². The fraction of sp³-hybridized carbons (Fsp3) is 0.273. The molecule has 1 aliphatic carbocycles. The van der Waals surface area contributed by atoms with Gasteiger partial charge in [0.25, 0.3) is 5.91 Å². The maximum Gasteiger partial charge on any atom is 0.259 e. The molecule has 0 radical (unpaired) electrons. The van der Waals surface area contributed by atoms with Gasteiger partial charge in [-0.2, -0.15) is 0 Å². The molecule has 0 saturated heterocycles. The molecule has 1 aromatic heterocycles. The molecule has 212 valence electrons. The third-order valence-electron chi connectivity index (χ3n) is 6.90. The summed E-state index contributed by atoms with van der Waals surface area (Å²) in [7, 11) is 0. The molecule has 41 heavy (non-hydrogen) atoms. The number of benzene rings is 3. The summed E-state index contributed by atoms with van der Waals surface area (Å²) < 4.78 is 12.8. The van der Waals surface area contributed by atoms with E-state index >= 15 is 0 Å². The lowest BCUT2D eigenvalue weighted by Gasteiger charge is -2.15. The van der Waals surface area contributed by atoms with Crippen molar-refractivity contribution in [2.45, 2.75) is 52.1 Å². The Hall–Kier alpha value is -3.13. The van der Waals surface area contributed by atoms with Crippen molar-refractivity contribution in [3.8, 4) is 11.5 Å². The summed E-state index contributed by atoms with van der Waals surface area (Å²) >= 11 is 11.6. The lowest BCUT2D eigenvalue weighted by molar-refractivity contribution is 0.102. The molecule has 0 saturated carbocycles. The first-order chi connectivity index (χ1) is 20.0. The molecule has 0 atom stereocenters. The van der Waals surface area contributed by atoms with Crippen LogP contribution in [0.1, 0.15) is 64.5 Å². The largest absolute Gasteiger partial charge is 0.490 e. The third kappa shape index (κ3) is 7.39. The summed E-state index contributed by atoms with van der Waals surface area (Å²) in [5.41, 5.74) is 4.34. The second kappa shape index (κ2) is 14.2. The lowest BCUT2D eigenvalue weighted by atomic mass is 9.96. The van der Waals surface area contributed by atoms with Crippen LogP contribution in [0.15, 0.2) is 76.2 Å². The number of nitrogens with one attached hydrogen (secondary N) is 1. The first-order valence-electron chi connectivity index (χ1n) is 13.9. The minimum atomic E-state index is -0.110. The number of carbonyl (C=O) groups is 1. The fourth-order valence-corrected chi connectivity index (χ4v) is 6.90. The maximum atomic E-state index is 13.6. The van der Waals surface area contributed by atoms with E-state index in [0.717, 1.165) is 57.5 Å². The summed E-state index contributed by atoms with van der Waals surface area (Å²) in [5.74, 6) is 1.10. The molecule has 8 heteroatoms. The van der Waals surface area contributed by atoms with Crippen LogP contribution in [0.4, 0.5) is 10.7 Å². The first-order valence-corrected chi connectivity index (χ1v) is 15.9. The highest BCUT2D eigenvalue weighted by Crippen LogP contribution is 2.41. The van der Waals surface area contributed by atoms with Crippen LogP contribution in [0.5, 0.6) is 11.5 Å². The van der Waals surface area contributed by atoms with Crippen molar-refractivity contribution in [2.75, 3.05) is 11.9 Å². The molecule has 0 aliphatic heterocycles. The van der Waals surface area contributed by atoms with Crippen LogP contribution in [0, 0.1) is 0 Å². The predicted octanol–water partition coefficient (Wildman–Crippen LogP) is 9.80. The summed E-state index contributed by atoms with van der Waals surface area (Å²) in [6, 6.07) is 21.0. The van der Waals surface area contributed by atoms with Gasteiger partial charge in [0, 0.05) is 27.4 Å². The molecule has 0 bridgehead atoms. The Morgan fingerprint density at radius 1 is 1.02 bits per heavy atom. The van der Waals surface area contributed by atoms with Gasteiger partial charge in [0.1, 0.15) is 11.6 Å². The minimum Gasteiger partial charge on any atom is -0.490 e. The predicted molar refractivity (Wildman–Crippen MR) is 173 cm³/mol. The van der Waals surface area contributed by atoms with E-state index < -0.39 is 0 Å². The Balaban J connectivity index is 1.45. The second-order valence-corrected chi connectivity index (χ2v) is 12.2. The summed E-state index contributed by atoms with van der Waals surface area (Å²) in [6.45, 7) is 2.73. The zero-order valence-electron chi connectivity index (χ0n) is 22.9. The van der Waals surface area contributed by atoms with E-state index in [1.54, 1.807) is 17.6 Å². The number of aryl methyl sites for hydroxylation is 1. The van der Waals surface area contributed by atoms with Crippen LogP contribution in [-0.4, -0.2) is 18.7 Å². The quantitative estimate of drug-likeness (QED) is 0.183. The number of fused-ring (bicyclic) bond motifs is 1. The number of aliphatic imine (C=N–C) groups is 1. The van der Waals surface area contributed by atoms with E-state index in [2.05, 4.69) is 21.2 Å². The van der Waals surface area contributed by atoms with E-state index in [1.807, 2.05) is 73.7 Å². The maximum absolute atomic E-state index is 13.6. The molecule has 0 fully saturated rings. The third-order valence-corrected chi connectivity index (χ3v) is 9.06. The number of para-hydroxylation sites is 1. The highest BCUT2D eigenvalue weighted by Gasteiger charge is 2.24. The van der Waals surface area contributed by atoms with Crippen molar-refractivity contribution in [3.63, 3.8) is 0 Å². The number of nitrogens with zero attached hydrogens (tertiary/aromatic N) is 1. The topological polar surface area (TPSA) is 59.9 Å². The Labute approximate surface area is 258 Å². The van der Waals surface area contributed by atoms with E-state index in [9.17, 15) is 4.79 Å². The molecule has 1 aliphatic rings. The van der Waals surface area contributed by atoms with Gasteiger partial charge >= 0.3 is 0 Å². The zero-order valence-corrected chi connectivity index (χ0v) is 26.1. The second-order valence-electron chi connectivity index (χ2n) is 9.82. The van der Waals surface area contributed by atoms with Crippen molar-refractivity contribution in [1.82, 2.24) is 0 Å². The SMILES string of the molecule is CCOc1cc(C=Nc2sc3c(c2C(=O)Nc2ccccc2)CCCCCC3)cc(Br)c1OCc1ccccc1Cl. The molecular formula is C33H32BrClN2O3S. The molecular weight excluding hydrogens is 620 g/mol.